The van der Waals surface area contributed by atoms with Crippen LogP contribution in [0.15, 0.2) is 70.8 Å². The van der Waals surface area contributed by atoms with Gasteiger partial charge in [0.25, 0.3) is 0 Å². The van der Waals surface area contributed by atoms with Gasteiger partial charge in [0.2, 0.25) is 5.91 Å². The Hall–Kier alpha value is -3.06. The predicted octanol–water partition coefficient (Wildman–Crippen LogP) is 4.87. The molecule has 2 heterocycles. The first-order chi connectivity index (χ1) is 16.1. The van der Waals surface area contributed by atoms with Crippen molar-refractivity contribution in [1.82, 2.24) is 15.3 Å². The first-order valence-corrected chi connectivity index (χ1v) is 12.2. The molecule has 3 aromatic rings. The van der Waals surface area contributed by atoms with Crippen molar-refractivity contribution >= 4 is 23.5 Å². The molecule has 0 aliphatic carbocycles. The fraction of sp³-hybridized carbons (Fsp3) is 0.346. The summed E-state index contributed by atoms with van der Waals surface area (Å²) in [5.41, 5.74) is 2.22. The number of hydrogen-bond donors (Lipinski definition) is 1. The number of hydrogen-bond acceptors (Lipinski definition) is 6. The summed E-state index contributed by atoms with van der Waals surface area (Å²) in [6, 6.07) is 16.3. The molecule has 1 N–H and O–H groups in total. The molecule has 1 unspecified atom stereocenters. The highest BCUT2D eigenvalue weighted by Crippen LogP contribution is 2.34. The van der Waals surface area contributed by atoms with E-state index in [0.29, 0.717) is 19.7 Å². The van der Waals surface area contributed by atoms with E-state index < -0.39 is 0 Å². The van der Waals surface area contributed by atoms with Crippen LogP contribution in [0.3, 0.4) is 0 Å². The smallest absolute Gasteiger partial charge is 0.225 e. The summed E-state index contributed by atoms with van der Waals surface area (Å²) < 4.78 is 5.68. The molecular formula is C26H30N4O2S. The number of ether oxygens (including phenoxy) is 1. The number of aryl methyl sites for hydroxylation is 1. The summed E-state index contributed by atoms with van der Waals surface area (Å²) in [5, 5.41) is 3.98. The third-order valence-corrected chi connectivity index (χ3v) is 6.69. The van der Waals surface area contributed by atoms with Gasteiger partial charge in [-0.2, -0.15) is 0 Å². The predicted molar refractivity (Wildman–Crippen MR) is 132 cm³/mol. The lowest BCUT2D eigenvalue weighted by Crippen LogP contribution is -2.43. The van der Waals surface area contributed by atoms with Crippen molar-refractivity contribution in [3.63, 3.8) is 0 Å². The Kier molecular flexibility index (Phi) is 7.83. The first-order valence-electron chi connectivity index (χ1n) is 11.4. The monoisotopic (exact) mass is 462 g/mol. The Morgan fingerprint density at radius 2 is 1.94 bits per heavy atom. The lowest BCUT2D eigenvalue weighted by atomic mass is 9.97. The zero-order valence-electron chi connectivity index (χ0n) is 19.2. The molecule has 0 saturated carbocycles. The van der Waals surface area contributed by atoms with E-state index in [-0.39, 0.29) is 11.8 Å². The fourth-order valence-electron chi connectivity index (χ4n) is 3.98. The highest BCUT2D eigenvalue weighted by atomic mass is 32.2. The van der Waals surface area contributed by atoms with Crippen molar-refractivity contribution in [2.24, 2.45) is 5.92 Å². The van der Waals surface area contributed by atoms with Crippen LogP contribution in [0.4, 0.5) is 5.82 Å². The van der Waals surface area contributed by atoms with E-state index in [1.165, 1.54) is 5.56 Å². The number of amides is 1. The maximum atomic E-state index is 13.0. The number of anilines is 1. The number of carbonyl (C=O) groups is 1. The topological polar surface area (TPSA) is 67.3 Å². The molecule has 4 rings (SSSR count). The molecule has 172 valence electrons. The van der Waals surface area contributed by atoms with Gasteiger partial charge in [-0.05, 0) is 44.9 Å². The first kappa shape index (κ1) is 23.1. The lowest BCUT2D eigenvalue weighted by molar-refractivity contribution is -0.125. The highest BCUT2D eigenvalue weighted by Gasteiger charge is 2.28. The van der Waals surface area contributed by atoms with Gasteiger partial charge in [0.1, 0.15) is 10.8 Å². The van der Waals surface area contributed by atoms with Gasteiger partial charge in [0.05, 0.1) is 12.5 Å². The van der Waals surface area contributed by atoms with Crippen LogP contribution in [0.25, 0.3) is 0 Å². The standard InChI is InChI=1S/C26H30N4O2S/c1-3-32-23-9-5-4-7-20(23)17-29-25(31)21-8-6-16-30(18-21)24-26(28-15-14-27-24)33-22-12-10-19(2)11-13-22/h4-5,7,9-15,21H,3,6,8,16-18H2,1-2H3,(H,29,31). The number of rotatable bonds is 8. The SMILES string of the molecule is CCOc1ccccc1CNC(=O)C1CCCN(c2nccnc2Sc2ccc(C)cc2)C1. The Morgan fingerprint density at radius 1 is 1.15 bits per heavy atom. The molecule has 1 saturated heterocycles. The zero-order chi connectivity index (χ0) is 23.0. The van der Waals surface area contributed by atoms with Crippen LogP contribution in [-0.2, 0) is 11.3 Å². The summed E-state index contributed by atoms with van der Waals surface area (Å²) in [4.78, 5) is 25.6. The van der Waals surface area contributed by atoms with Gasteiger partial charge in [-0.25, -0.2) is 9.97 Å². The molecule has 0 bridgehead atoms. The second-order valence-electron chi connectivity index (χ2n) is 8.14. The Morgan fingerprint density at radius 3 is 2.76 bits per heavy atom. The highest BCUT2D eigenvalue weighted by molar-refractivity contribution is 7.99. The average Bonchev–Trinajstić information content (AvgIpc) is 2.85. The van der Waals surface area contributed by atoms with Crippen LogP contribution in [-0.4, -0.2) is 35.6 Å². The summed E-state index contributed by atoms with van der Waals surface area (Å²) in [7, 11) is 0. The van der Waals surface area contributed by atoms with Crippen LogP contribution in [0.5, 0.6) is 5.75 Å². The van der Waals surface area contributed by atoms with E-state index in [1.807, 2.05) is 31.2 Å². The minimum Gasteiger partial charge on any atom is -0.494 e. The van der Waals surface area contributed by atoms with Crippen molar-refractivity contribution in [2.45, 2.75) is 43.2 Å². The zero-order valence-corrected chi connectivity index (χ0v) is 20.0. The van der Waals surface area contributed by atoms with Crippen molar-refractivity contribution in [3.05, 3.63) is 72.1 Å². The molecule has 0 spiro atoms. The number of piperidine rings is 1. The minimum absolute atomic E-state index is 0.0719. The van der Waals surface area contributed by atoms with E-state index in [4.69, 9.17) is 4.74 Å². The van der Waals surface area contributed by atoms with Gasteiger partial charge < -0.3 is 15.0 Å². The molecule has 1 aromatic heterocycles. The van der Waals surface area contributed by atoms with Gasteiger partial charge in [0.15, 0.2) is 5.82 Å². The second kappa shape index (κ2) is 11.2. The summed E-state index contributed by atoms with van der Waals surface area (Å²) >= 11 is 1.61. The number of para-hydroxylation sites is 1. The largest absolute Gasteiger partial charge is 0.494 e. The quantitative estimate of drug-likeness (QED) is 0.515. The van der Waals surface area contributed by atoms with E-state index in [2.05, 4.69) is 51.4 Å². The van der Waals surface area contributed by atoms with Gasteiger partial charge in [0, 0.05) is 42.5 Å². The van der Waals surface area contributed by atoms with E-state index in [9.17, 15) is 4.79 Å². The van der Waals surface area contributed by atoms with Crippen molar-refractivity contribution in [3.8, 4) is 5.75 Å². The molecule has 1 atom stereocenters. The van der Waals surface area contributed by atoms with Gasteiger partial charge in [-0.3, -0.25) is 4.79 Å². The number of nitrogens with one attached hydrogen (secondary N) is 1. The van der Waals surface area contributed by atoms with E-state index in [0.717, 1.165) is 46.4 Å². The third-order valence-electron chi connectivity index (χ3n) is 5.70. The summed E-state index contributed by atoms with van der Waals surface area (Å²) in [5.74, 6) is 1.66. The maximum Gasteiger partial charge on any atom is 0.225 e. The van der Waals surface area contributed by atoms with Crippen LogP contribution in [0.2, 0.25) is 0 Å². The number of nitrogens with zero attached hydrogens (tertiary/aromatic N) is 3. The lowest BCUT2D eigenvalue weighted by Gasteiger charge is -2.33. The molecule has 6 nitrogen and oxygen atoms in total. The van der Waals surface area contributed by atoms with E-state index in [1.54, 1.807) is 24.2 Å². The molecule has 2 aromatic carbocycles. The Balaban J connectivity index is 1.41. The van der Waals surface area contributed by atoms with Crippen LogP contribution >= 0.6 is 11.8 Å². The molecule has 0 radical (unpaired) electrons. The molecule has 1 aliphatic heterocycles. The molecule has 1 aliphatic rings. The van der Waals surface area contributed by atoms with Crippen molar-refractivity contribution in [1.29, 1.82) is 0 Å². The summed E-state index contributed by atoms with van der Waals surface area (Å²) in [6.45, 7) is 6.62. The maximum absolute atomic E-state index is 13.0. The van der Waals surface area contributed by atoms with Crippen molar-refractivity contribution < 1.29 is 9.53 Å². The number of benzene rings is 2. The van der Waals surface area contributed by atoms with Gasteiger partial charge in [-0.1, -0.05) is 47.7 Å². The third kappa shape index (κ3) is 6.05. The molecule has 33 heavy (non-hydrogen) atoms. The van der Waals surface area contributed by atoms with Gasteiger partial charge in [-0.15, -0.1) is 0 Å². The number of aromatic nitrogens is 2. The van der Waals surface area contributed by atoms with Gasteiger partial charge >= 0.3 is 0 Å². The summed E-state index contributed by atoms with van der Waals surface area (Å²) in [6.07, 6.45) is 5.27. The van der Waals surface area contributed by atoms with E-state index >= 15 is 0 Å². The molecular weight excluding hydrogens is 432 g/mol. The molecule has 1 amide bonds. The van der Waals surface area contributed by atoms with Crippen LogP contribution in [0, 0.1) is 12.8 Å². The average molecular weight is 463 g/mol. The fourth-order valence-corrected chi connectivity index (χ4v) is 4.86. The van der Waals surface area contributed by atoms with Crippen molar-refractivity contribution in [2.75, 3.05) is 24.6 Å². The second-order valence-corrected chi connectivity index (χ2v) is 9.21. The Bertz CT molecular complexity index is 1070. The normalized spacial score (nSPS) is 15.8. The Labute approximate surface area is 199 Å². The molecule has 1 fully saturated rings. The van der Waals surface area contributed by atoms with Crippen LogP contribution in [0.1, 0.15) is 30.9 Å². The number of carbonyl (C=O) groups excluding carboxylic acids is 1. The molecule has 7 heteroatoms. The minimum atomic E-state index is -0.0859. The van der Waals surface area contributed by atoms with Crippen LogP contribution < -0.4 is 15.0 Å².